The maximum absolute atomic E-state index is 12.9. The summed E-state index contributed by atoms with van der Waals surface area (Å²) in [6.45, 7) is 19.0. The number of hydrogen-bond acceptors (Lipinski definition) is 19. The predicted octanol–water partition coefficient (Wildman–Crippen LogP) is 10.1. The van der Waals surface area contributed by atoms with Gasteiger partial charge in [0.15, 0.2) is 10.3 Å². The van der Waals surface area contributed by atoms with E-state index in [1.54, 1.807) is 61.8 Å². The highest BCUT2D eigenvalue weighted by Gasteiger charge is 2.44. The lowest BCUT2D eigenvalue weighted by Crippen LogP contribution is -2.44. The van der Waals surface area contributed by atoms with Crippen molar-refractivity contribution < 1.29 is 57.4 Å². The number of esters is 1. The van der Waals surface area contributed by atoms with E-state index in [1.807, 2.05) is 67.1 Å². The molecule has 0 radical (unpaired) electrons. The number of carbonyl (C=O) groups excluding carboxylic acids is 3. The normalized spacial score (nSPS) is 17.6. The summed E-state index contributed by atoms with van der Waals surface area (Å²) in [6, 6.07) is 13.3. The number of methoxy groups -OCH3 is 3. The van der Waals surface area contributed by atoms with Gasteiger partial charge in [-0.15, -0.1) is 22.7 Å². The van der Waals surface area contributed by atoms with Crippen LogP contribution < -0.4 is 29.6 Å². The molecule has 0 unspecified atom stereocenters. The quantitative estimate of drug-likeness (QED) is 0.0679. The van der Waals surface area contributed by atoms with Crippen molar-refractivity contribution in [3.63, 3.8) is 0 Å². The molecule has 6 heterocycles. The fourth-order valence-electron chi connectivity index (χ4n) is 8.24. The van der Waals surface area contributed by atoms with E-state index in [1.165, 1.54) is 39.6 Å². The molecule has 0 bridgehead atoms. The molecule has 8 rings (SSSR count). The van der Waals surface area contributed by atoms with Crippen LogP contribution in [-0.2, 0) is 23.8 Å². The first kappa shape index (κ1) is 55.5. The van der Waals surface area contributed by atoms with Crippen molar-refractivity contribution in [3.8, 4) is 45.8 Å². The van der Waals surface area contributed by atoms with Gasteiger partial charge in [0.1, 0.15) is 69.9 Å². The van der Waals surface area contributed by atoms with Gasteiger partial charge in [0.05, 0.1) is 56.8 Å². The highest BCUT2D eigenvalue weighted by Crippen LogP contribution is 2.38. The number of hydrogen-bond donors (Lipinski definition) is 3. The van der Waals surface area contributed by atoms with Gasteiger partial charge >= 0.3 is 24.1 Å². The largest absolute Gasteiger partial charge is 0.497 e. The van der Waals surface area contributed by atoms with Crippen LogP contribution in [0.5, 0.6) is 23.0 Å². The van der Waals surface area contributed by atoms with Gasteiger partial charge in [0.25, 0.3) is 0 Å². The minimum atomic E-state index is -1.10. The van der Waals surface area contributed by atoms with Crippen LogP contribution >= 0.6 is 22.7 Å². The third kappa shape index (κ3) is 14.1. The summed E-state index contributed by atoms with van der Waals surface area (Å²) < 4.78 is 39.5. The third-order valence-electron chi connectivity index (χ3n) is 11.4. The summed E-state index contributed by atoms with van der Waals surface area (Å²) in [4.78, 5) is 71.6. The van der Waals surface area contributed by atoms with Crippen LogP contribution in [-0.4, -0.2) is 141 Å². The molecule has 4 atom stereocenters. The van der Waals surface area contributed by atoms with Crippen LogP contribution in [0.15, 0.2) is 59.3 Å². The van der Waals surface area contributed by atoms with Gasteiger partial charge < -0.3 is 48.9 Å². The molecule has 0 spiro atoms. The molecule has 0 saturated carbocycles. The number of carboxylic acid groups (broad SMARTS) is 1. The Morgan fingerprint density at radius 2 is 1.03 bits per heavy atom. The number of nitrogens with zero attached hydrogens (tertiary/aromatic N) is 6. The number of fused-ring (bicyclic) bond motifs is 2. The van der Waals surface area contributed by atoms with Gasteiger partial charge in [0, 0.05) is 70.7 Å². The number of pyridine rings is 2. The van der Waals surface area contributed by atoms with Crippen molar-refractivity contribution in [1.29, 1.82) is 0 Å². The number of carboxylic acids is 1. The van der Waals surface area contributed by atoms with Crippen molar-refractivity contribution in [2.24, 2.45) is 0 Å². The average molecular weight is 1070 g/mol. The van der Waals surface area contributed by atoms with Crippen molar-refractivity contribution in [2.45, 2.75) is 130 Å². The van der Waals surface area contributed by atoms with E-state index in [0.717, 1.165) is 21.0 Å². The Morgan fingerprint density at radius 3 is 1.40 bits per heavy atom. The van der Waals surface area contributed by atoms with Crippen LogP contribution in [0.3, 0.4) is 0 Å². The lowest BCUT2D eigenvalue weighted by molar-refractivity contribution is -0.145. The van der Waals surface area contributed by atoms with E-state index in [2.05, 4.69) is 34.4 Å². The topological polar surface area (TPSA) is 235 Å². The fourth-order valence-corrected chi connectivity index (χ4v) is 9.94. The molecule has 75 heavy (non-hydrogen) atoms. The van der Waals surface area contributed by atoms with Crippen molar-refractivity contribution >= 4 is 78.9 Å². The minimum absolute atomic E-state index is 0.0837. The highest BCUT2D eigenvalue weighted by atomic mass is 32.1. The van der Waals surface area contributed by atoms with E-state index in [0.29, 0.717) is 56.8 Å². The van der Waals surface area contributed by atoms with Crippen LogP contribution in [0, 0.1) is 0 Å². The zero-order valence-electron chi connectivity index (χ0n) is 44.5. The number of aromatic nitrogens is 4. The maximum Gasteiger partial charge on any atom is 0.411 e. The number of aliphatic carboxylic acids is 1. The molecule has 2 amide bonds. The third-order valence-corrected chi connectivity index (χ3v) is 13.0. The molecule has 2 aliphatic rings. The van der Waals surface area contributed by atoms with E-state index >= 15 is 0 Å². The standard InChI is InChI=1S/C27H34N4O6S.C26H32N4O6S/c1-15(2)28-25-30-21(14-38-25)20-12-23(18-9-8-16(34-6)10-19(18)29-20)36-17-11-22(24(32)35-7)31(13-17)26(33)37-27(3,4)5;1-14(2)27-24-29-20(13-37-24)19-11-22(17-8-7-15(34-6)9-18(17)28-19)35-16-10-21(23(31)32)30(12-16)25(33)36-26(3,4)5/h8-10,12,14-15,17,22H,11,13H2,1-7H3,(H,28,30);7-9,11,13-14,16,21H,10,12H2,1-6H3,(H,27,29)(H,31,32)/t17-,22+;16-,21+/m11/s1. The second-order valence-corrected chi connectivity index (χ2v) is 22.3. The first-order valence-corrected chi connectivity index (χ1v) is 26.2. The van der Waals surface area contributed by atoms with Crippen molar-refractivity contribution in [2.75, 3.05) is 45.1 Å². The SMILES string of the molecule is COC(=O)[C@@H]1C[C@@H](Oc2cc(-c3csc(NC(C)C)n3)nc3cc(OC)ccc23)CN1C(=O)OC(C)(C)C.COc1ccc2c(O[C@@H]3C[C@@H](C(=O)O)N(C(=O)OC(C)(C)C)C3)cc(-c3csc(NC(C)C)n3)nc2c1. The highest BCUT2D eigenvalue weighted by molar-refractivity contribution is 7.14. The van der Waals surface area contributed by atoms with Crippen LogP contribution in [0.25, 0.3) is 44.6 Å². The zero-order chi connectivity index (χ0) is 54.5. The second-order valence-electron chi connectivity index (χ2n) is 20.6. The molecule has 2 aliphatic heterocycles. The Hall–Kier alpha value is -7.20. The molecular formula is C53H66N8O12S2. The van der Waals surface area contributed by atoms with Gasteiger partial charge in [-0.25, -0.2) is 39.1 Å². The molecule has 6 aromatic rings. The van der Waals surface area contributed by atoms with E-state index in [-0.39, 0.29) is 38.0 Å². The van der Waals surface area contributed by atoms with Gasteiger partial charge in [-0.05, 0) is 93.5 Å². The molecule has 20 nitrogen and oxygen atoms in total. The number of amides is 2. The molecule has 2 fully saturated rings. The lowest BCUT2D eigenvalue weighted by Gasteiger charge is -2.27. The number of benzene rings is 2. The number of likely N-dealkylation sites (tertiary alicyclic amines) is 2. The Bertz CT molecular complexity index is 3020. The predicted molar refractivity (Wildman–Crippen MR) is 287 cm³/mol. The maximum atomic E-state index is 12.9. The number of carbonyl (C=O) groups is 4. The average Bonchev–Trinajstić information content (AvgIpc) is 4.17. The first-order valence-electron chi connectivity index (χ1n) is 24.5. The second kappa shape index (κ2) is 23.1. The summed E-state index contributed by atoms with van der Waals surface area (Å²) in [7, 11) is 4.49. The number of anilines is 2. The summed E-state index contributed by atoms with van der Waals surface area (Å²) in [5, 5.41) is 23.3. The number of nitrogens with one attached hydrogen (secondary N) is 2. The molecule has 402 valence electrons. The first-order chi connectivity index (χ1) is 35.4. The summed E-state index contributed by atoms with van der Waals surface area (Å²) in [5.41, 5.74) is 2.52. The molecular weight excluding hydrogens is 1000 g/mol. The van der Waals surface area contributed by atoms with Gasteiger partial charge in [0.2, 0.25) is 0 Å². The molecule has 2 aromatic carbocycles. The summed E-state index contributed by atoms with van der Waals surface area (Å²) in [5.74, 6) is 0.782. The number of ether oxygens (including phenoxy) is 7. The Morgan fingerprint density at radius 1 is 0.613 bits per heavy atom. The lowest BCUT2D eigenvalue weighted by atomic mass is 10.1. The summed E-state index contributed by atoms with van der Waals surface area (Å²) >= 11 is 2.99. The molecule has 22 heteroatoms. The molecule has 0 aliphatic carbocycles. The van der Waals surface area contributed by atoms with E-state index in [4.69, 9.17) is 43.1 Å². The van der Waals surface area contributed by atoms with Crippen LogP contribution in [0.4, 0.5) is 19.9 Å². The molecule has 2 saturated heterocycles. The van der Waals surface area contributed by atoms with Gasteiger partial charge in [-0.3, -0.25) is 9.80 Å². The smallest absolute Gasteiger partial charge is 0.411 e. The minimum Gasteiger partial charge on any atom is -0.497 e. The monoisotopic (exact) mass is 1070 g/mol. The Balaban J connectivity index is 0.000000219. The van der Waals surface area contributed by atoms with Gasteiger partial charge in [-0.2, -0.15) is 0 Å². The fraction of sp³-hybridized carbons (Fsp3) is 0.472. The molecule has 4 aromatic heterocycles. The van der Waals surface area contributed by atoms with E-state index in [9.17, 15) is 24.3 Å². The Kier molecular flexibility index (Phi) is 17.1. The van der Waals surface area contributed by atoms with Crippen LogP contribution in [0.1, 0.15) is 82.1 Å². The molecule has 3 N–H and O–H groups in total. The van der Waals surface area contributed by atoms with Crippen LogP contribution in [0.2, 0.25) is 0 Å². The van der Waals surface area contributed by atoms with Gasteiger partial charge in [-0.1, -0.05) is 0 Å². The van der Waals surface area contributed by atoms with Crippen molar-refractivity contribution in [1.82, 2.24) is 29.7 Å². The zero-order valence-corrected chi connectivity index (χ0v) is 46.1. The Labute approximate surface area is 444 Å². The summed E-state index contributed by atoms with van der Waals surface area (Å²) in [6.07, 6.45) is -1.90. The number of rotatable bonds is 14. The van der Waals surface area contributed by atoms with Crippen molar-refractivity contribution in [3.05, 3.63) is 59.3 Å². The van der Waals surface area contributed by atoms with E-state index < -0.39 is 59.6 Å². The number of thiazole rings is 2.